The molecular weight excluding hydrogens is 244 g/mol. The molecule has 0 saturated heterocycles. The number of rotatable bonds is 7. The molecule has 1 aromatic carbocycles. The molecule has 0 heterocycles. The van der Waals surface area contributed by atoms with Crippen molar-refractivity contribution in [3.63, 3.8) is 0 Å². The second kappa shape index (κ2) is 7.09. The summed E-state index contributed by atoms with van der Waals surface area (Å²) in [6.45, 7) is 1.76. The monoisotopic (exact) mass is 265 g/mol. The smallest absolute Gasteiger partial charge is 0.269 e. The number of quaternary nitrogens is 1. The number of nitrogens with two attached hydrogens (primary N) is 1. The Hall–Kier alpha value is -1.62. The quantitative estimate of drug-likeness (QED) is 0.465. The Morgan fingerprint density at radius 2 is 1.95 bits per heavy atom. The van der Waals surface area contributed by atoms with Crippen molar-refractivity contribution in [3.8, 4) is 5.75 Å². The standard InChI is InChI=1S/C14H20N2O3/c17-16(18)13-6-8-14(9-7-13)19-11-3-10-15-12-4-1-2-5-12/h6-9,12,15H,1-5,10-11H2/p+1. The van der Waals surface area contributed by atoms with Gasteiger partial charge in [-0.1, -0.05) is 0 Å². The van der Waals surface area contributed by atoms with Crippen LogP contribution in [0.15, 0.2) is 24.3 Å². The fourth-order valence-corrected chi connectivity index (χ4v) is 2.48. The van der Waals surface area contributed by atoms with E-state index in [1.807, 2.05) is 0 Å². The minimum Gasteiger partial charge on any atom is -0.493 e. The predicted molar refractivity (Wildman–Crippen MR) is 72.3 cm³/mol. The Morgan fingerprint density at radius 1 is 1.26 bits per heavy atom. The maximum Gasteiger partial charge on any atom is 0.269 e. The molecule has 5 heteroatoms. The summed E-state index contributed by atoms with van der Waals surface area (Å²) in [6, 6.07) is 7.07. The van der Waals surface area contributed by atoms with E-state index >= 15 is 0 Å². The van der Waals surface area contributed by atoms with Gasteiger partial charge < -0.3 is 10.1 Å². The van der Waals surface area contributed by atoms with Gasteiger partial charge >= 0.3 is 0 Å². The van der Waals surface area contributed by atoms with Gasteiger partial charge in [-0.15, -0.1) is 0 Å². The topological polar surface area (TPSA) is 69.0 Å². The van der Waals surface area contributed by atoms with Gasteiger partial charge in [0.15, 0.2) is 0 Å². The molecule has 1 aliphatic rings. The van der Waals surface area contributed by atoms with Gasteiger partial charge in [0.05, 0.1) is 24.1 Å². The average Bonchev–Trinajstić information content (AvgIpc) is 2.92. The highest BCUT2D eigenvalue weighted by Gasteiger charge is 2.16. The van der Waals surface area contributed by atoms with E-state index in [1.165, 1.54) is 37.8 Å². The first-order valence-electron chi connectivity index (χ1n) is 6.96. The van der Waals surface area contributed by atoms with E-state index in [1.54, 1.807) is 12.1 Å². The number of nitro benzene ring substituents is 1. The largest absolute Gasteiger partial charge is 0.493 e. The first-order chi connectivity index (χ1) is 9.25. The van der Waals surface area contributed by atoms with Crippen molar-refractivity contribution in [3.05, 3.63) is 34.4 Å². The highest BCUT2D eigenvalue weighted by Crippen LogP contribution is 2.17. The molecule has 0 aliphatic heterocycles. The van der Waals surface area contributed by atoms with E-state index in [0.29, 0.717) is 12.4 Å². The molecule has 2 N–H and O–H groups in total. The van der Waals surface area contributed by atoms with Gasteiger partial charge in [-0.3, -0.25) is 10.1 Å². The summed E-state index contributed by atoms with van der Waals surface area (Å²) in [7, 11) is 0. The number of benzene rings is 1. The summed E-state index contributed by atoms with van der Waals surface area (Å²) >= 11 is 0. The lowest BCUT2D eigenvalue weighted by molar-refractivity contribution is -0.688. The molecule has 2 rings (SSSR count). The molecule has 0 radical (unpaired) electrons. The second-order valence-electron chi connectivity index (χ2n) is 5.02. The first kappa shape index (κ1) is 13.8. The normalized spacial score (nSPS) is 15.6. The van der Waals surface area contributed by atoms with Crippen LogP contribution in [-0.4, -0.2) is 24.1 Å². The van der Waals surface area contributed by atoms with E-state index in [0.717, 1.165) is 19.0 Å². The van der Waals surface area contributed by atoms with E-state index in [9.17, 15) is 10.1 Å². The van der Waals surface area contributed by atoms with Crippen molar-refractivity contribution in [2.75, 3.05) is 13.2 Å². The van der Waals surface area contributed by atoms with E-state index in [4.69, 9.17) is 4.74 Å². The summed E-state index contributed by atoms with van der Waals surface area (Å²) in [5.74, 6) is 0.700. The van der Waals surface area contributed by atoms with Crippen molar-refractivity contribution in [1.82, 2.24) is 0 Å². The minimum absolute atomic E-state index is 0.0990. The molecule has 0 bridgehead atoms. The molecule has 0 unspecified atom stereocenters. The van der Waals surface area contributed by atoms with Crippen molar-refractivity contribution >= 4 is 5.69 Å². The van der Waals surface area contributed by atoms with Gasteiger partial charge in [-0.25, -0.2) is 0 Å². The van der Waals surface area contributed by atoms with Crippen LogP contribution in [0.2, 0.25) is 0 Å². The molecular formula is C14H21N2O3+. The number of hydrogen-bond donors (Lipinski definition) is 1. The summed E-state index contributed by atoms with van der Waals surface area (Å²) in [5.41, 5.74) is 0.0990. The van der Waals surface area contributed by atoms with Crippen LogP contribution in [0.1, 0.15) is 32.1 Å². The van der Waals surface area contributed by atoms with E-state index in [-0.39, 0.29) is 5.69 Å². The van der Waals surface area contributed by atoms with E-state index < -0.39 is 4.92 Å². The van der Waals surface area contributed by atoms with Crippen LogP contribution in [0.5, 0.6) is 5.75 Å². The molecule has 104 valence electrons. The molecule has 19 heavy (non-hydrogen) atoms. The summed E-state index contributed by atoms with van der Waals surface area (Å²) in [6.07, 6.45) is 6.46. The lowest BCUT2D eigenvalue weighted by Gasteiger charge is -2.09. The highest BCUT2D eigenvalue weighted by atomic mass is 16.6. The minimum atomic E-state index is -0.402. The Balaban J connectivity index is 1.61. The molecule has 1 aliphatic carbocycles. The van der Waals surface area contributed by atoms with Crippen LogP contribution in [0.4, 0.5) is 5.69 Å². The Bertz CT molecular complexity index is 400. The maximum atomic E-state index is 10.5. The molecule has 0 spiro atoms. The highest BCUT2D eigenvalue weighted by molar-refractivity contribution is 5.35. The Labute approximate surface area is 113 Å². The van der Waals surface area contributed by atoms with Crippen LogP contribution >= 0.6 is 0 Å². The van der Waals surface area contributed by atoms with Gasteiger partial charge in [0.1, 0.15) is 5.75 Å². The Kier molecular flexibility index (Phi) is 5.15. The van der Waals surface area contributed by atoms with Crippen LogP contribution in [-0.2, 0) is 0 Å². The zero-order chi connectivity index (χ0) is 13.5. The summed E-state index contributed by atoms with van der Waals surface area (Å²) in [5, 5.41) is 12.9. The van der Waals surface area contributed by atoms with Crippen LogP contribution in [0.3, 0.4) is 0 Å². The molecule has 0 amide bonds. The van der Waals surface area contributed by atoms with E-state index in [2.05, 4.69) is 5.32 Å². The molecule has 1 saturated carbocycles. The zero-order valence-corrected chi connectivity index (χ0v) is 11.1. The Morgan fingerprint density at radius 3 is 2.58 bits per heavy atom. The number of hydrogen-bond acceptors (Lipinski definition) is 3. The summed E-state index contributed by atoms with van der Waals surface area (Å²) in [4.78, 5) is 10.1. The van der Waals surface area contributed by atoms with Gasteiger partial charge in [0.25, 0.3) is 5.69 Å². The van der Waals surface area contributed by atoms with Crippen molar-refractivity contribution in [2.24, 2.45) is 0 Å². The van der Waals surface area contributed by atoms with Crippen molar-refractivity contribution in [1.29, 1.82) is 0 Å². The van der Waals surface area contributed by atoms with Gasteiger partial charge in [0.2, 0.25) is 0 Å². The second-order valence-corrected chi connectivity index (χ2v) is 5.02. The van der Waals surface area contributed by atoms with Crippen molar-refractivity contribution in [2.45, 2.75) is 38.1 Å². The van der Waals surface area contributed by atoms with Gasteiger partial charge in [0, 0.05) is 18.6 Å². The van der Waals surface area contributed by atoms with Gasteiger partial charge in [-0.05, 0) is 37.8 Å². The van der Waals surface area contributed by atoms with Crippen LogP contribution in [0.25, 0.3) is 0 Å². The lowest BCUT2D eigenvalue weighted by Crippen LogP contribution is -2.89. The molecule has 0 aromatic heterocycles. The molecule has 1 aromatic rings. The fraction of sp³-hybridized carbons (Fsp3) is 0.571. The molecule has 1 fully saturated rings. The number of nitro groups is 1. The SMILES string of the molecule is O=[N+]([O-])c1ccc(OCCC[NH2+]C2CCCC2)cc1. The number of nitrogens with zero attached hydrogens (tertiary/aromatic N) is 1. The van der Waals surface area contributed by atoms with Crippen LogP contribution in [0, 0.1) is 10.1 Å². The third kappa shape index (κ3) is 4.52. The maximum absolute atomic E-state index is 10.5. The zero-order valence-electron chi connectivity index (χ0n) is 11.1. The average molecular weight is 265 g/mol. The van der Waals surface area contributed by atoms with Crippen molar-refractivity contribution < 1.29 is 15.0 Å². The summed E-state index contributed by atoms with van der Waals surface area (Å²) < 4.78 is 5.56. The third-order valence-corrected chi connectivity index (χ3v) is 3.56. The predicted octanol–water partition coefficient (Wildman–Crippen LogP) is 1.87. The number of non-ortho nitro benzene ring substituents is 1. The lowest BCUT2D eigenvalue weighted by atomic mass is 10.2. The van der Waals surface area contributed by atoms with Crippen LogP contribution < -0.4 is 10.1 Å². The molecule has 0 atom stereocenters. The van der Waals surface area contributed by atoms with Gasteiger partial charge in [-0.2, -0.15) is 0 Å². The fourth-order valence-electron chi connectivity index (χ4n) is 2.48. The number of ether oxygens (including phenoxy) is 1. The first-order valence-corrected chi connectivity index (χ1v) is 6.96. The molecule has 5 nitrogen and oxygen atoms in total. The third-order valence-electron chi connectivity index (χ3n) is 3.56.